The van der Waals surface area contributed by atoms with Crippen LogP contribution in [0.3, 0.4) is 0 Å². The maximum atomic E-state index is 13.4. The molecule has 3 heterocycles. The highest BCUT2D eigenvalue weighted by atomic mass is 16.2. The highest BCUT2D eigenvalue weighted by Gasteiger charge is 2.32. The van der Waals surface area contributed by atoms with Crippen LogP contribution in [0.25, 0.3) is 11.3 Å². The molecule has 3 aromatic heterocycles. The predicted octanol–water partition coefficient (Wildman–Crippen LogP) is 3.42. The molecule has 0 saturated heterocycles. The molecular formula is C25H32N8O2. The van der Waals surface area contributed by atoms with Gasteiger partial charge in [-0.1, -0.05) is 30.9 Å². The predicted molar refractivity (Wildman–Crippen MR) is 131 cm³/mol. The normalized spacial score (nSPS) is 17.5. The van der Waals surface area contributed by atoms with Gasteiger partial charge >= 0.3 is 0 Å². The molecular weight excluding hydrogens is 444 g/mol. The van der Waals surface area contributed by atoms with E-state index in [4.69, 9.17) is 0 Å². The fourth-order valence-corrected chi connectivity index (χ4v) is 4.95. The fourth-order valence-electron chi connectivity index (χ4n) is 4.95. The number of amides is 2. The third kappa shape index (κ3) is 5.11. The van der Waals surface area contributed by atoms with Gasteiger partial charge in [-0.05, 0) is 56.7 Å². The second-order valence-corrected chi connectivity index (χ2v) is 9.66. The van der Waals surface area contributed by atoms with Crippen LogP contribution in [0.5, 0.6) is 0 Å². The number of rotatable bonds is 7. The lowest BCUT2D eigenvalue weighted by Crippen LogP contribution is -2.49. The number of carbonyl (C=O) groups excluding carboxylic acids is 2. The zero-order valence-electron chi connectivity index (χ0n) is 20.3. The van der Waals surface area contributed by atoms with Crippen LogP contribution in [-0.2, 0) is 11.8 Å². The monoisotopic (exact) mass is 476 g/mol. The smallest absolute Gasteiger partial charge is 0.270 e. The van der Waals surface area contributed by atoms with Crippen LogP contribution in [0.15, 0.2) is 30.6 Å². The minimum absolute atomic E-state index is 0.0792. The Kier molecular flexibility index (Phi) is 6.61. The number of anilines is 1. The van der Waals surface area contributed by atoms with E-state index in [1.807, 2.05) is 17.7 Å². The Morgan fingerprint density at radius 3 is 2.46 bits per heavy atom. The highest BCUT2D eigenvalue weighted by molar-refractivity contribution is 6.00. The lowest BCUT2D eigenvalue weighted by molar-refractivity contribution is -0.119. The Hall–Kier alpha value is -3.56. The van der Waals surface area contributed by atoms with Gasteiger partial charge in [0.25, 0.3) is 5.91 Å². The first-order valence-corrected chi connectivity index (χ1v) is 12.5. The lowest BCUT2D eigenvalue weighted by atomic mass is 9.91. The van der Waals surface area contributed by atoms with E-state index in [2.05, 4.69) is 31.0 Å². The fraction of sp³-hybridized carbons (Fsp3) is 0.520. The minimum Gasteiger partial charge on any atom is -0.339 e. The topological polar surface area (TPSA) is 120 Å². The van der Waals surface area contributed by atoms with Crippen molar-refractivity contribution in [3.8, 4) is 11.3 Å². The molecule has 35 heavy (non-hydrogen) atoms. The number of pyridine rings is 1. The summed E-state index contributed by atoms with van der Waals surface area (Å²) in [5.74, 6) is -0.00613. The lowest BCUT2D eigenvalue weighted by Gasteiger charge is -2.26. The van der Waals surface area contributed by atoms with Crippen molar-refractivity contribution in [2.24, 2.45) is 13.0 Å². The first-order chi connectivity index (χ1) is 17.0. The van der Waals surface area contributed by atoms with Crippen molar-refractivity contribution in [1.29, 1.82) is 0 Å². The maximum absolute atomic E-state index is 13.4. The summed E-state index contributed by atoms with van der Waals surface area (Å²) in [5, 5.41) is 18.5. The van der Waals surface area contributed by atoms with Crippen LogP contribution in [0.1, 0.15) is 73.6 Å². The van der Waals surface area contributed by atoms with Gasteiger partial charge in [-0.25, -0.2) is 9.67 Å². The molecule has 0 aromatic carbocycles. The van der Waals surface area contributed by atoms with Gasteiger partial charge in [-0.3, -0.25) is 14.3 Å². The average Bonchev–Trinajstić information content (AvgIpc) is 3.57. The molecule has 5 rings (SSSR count). The molecule has 0 unspecified atom stereocenters. The number of carbonyl (C=O) groups is 2. The van der Waals surface area contributed by atoms with Crippen molar-refractivity contribution in [1.82, 2.24) is 35.1 Å². The number of hydrogen-bond acceptors (Lipinski definition) is 6. The quantitative estimate of drug-likeness (QED) is 0.504. The Morgan fingerprint density at radius 2 is 1.83 bits per heavy atom. The van der Waals surface area contributed by atoms with Crippen LogP contribution >= 0.6 is 0 Å². The van der Waals surface area contributed by atoms with Gasteiger partial charge in [0.05, 0.1) is 17.4 Å². The van der Waals surface area contributed by atoms with Gasteiger partial charge in [0.2, 0.25) is 5.91 Å². The molecule has 2 saturated carbocycles. The molecule has 2 amide bonds. The Morgan fingerprint density at radius 1 is 1.06 bits per heavy atom. The molecule has 184 valence electrons. The summed E-state index contributed by atoms with van der Waals surface area (Å²) in [6, 6.07) is 5.15. The Bertz CT molecular complexity index is 1190. The Balaban J connectivity index is 1.33. The van der Waals surface area contributed by atoms with Gasteiger partial charge in [0.15, 0.2) is 0 Å². The molecule has 2 aliphatic carbocycles. The molecule has 2 N–H and O–H groups in total. The van der Waals surface area contributed by atoms with Gasteiger partial charge in [0, 0.05) is 25.0 Å². The summed E-state index contributed by atoms with van der Waals surface area (Å²) >= 11 is 0. The Labute approximate surface area is 204 Å². The molecule has 10 nitrogen and oxygen atoms in total. The first-order valence-electron chi connectivity index (χ1n) is 12.5. The molecule has 0 spiro atoms. The molecule has 0 radical (unpaired) electrons. The number of nitrogens with zero attached hydrogens (tertiary/aromatic N) is 6. The zero-order valence-corrected chi connectivity index (χ0v) is 20.3. The zero-order chi connectivity index (χ0) is 24.4. The molecule has 2 aliphatic rings. The van der Waals surface area contributed by atoms with Gasteiger partial charge < -0.3 is 10.6 Å². The molecule has 3 aromatic rings. The van der Waals surface area contributed by atoms with E-state index in [0.717, 1.165) is 68.3 Å². The van der Waals surface area contributed by atoms with Crippen LogP contribution in [-0.4, -0.2) is 47.6 Å². The molecule has 0 aliphatic heterocycles. The van der Waals surface area contributed by atoms with E-state index in [1.165, 1.54) is 4.68 Å². The third-order valence-electron chi connectivity index (χ3n) is 7.04. The SMILES string of the molecule is Cc1nnn(C2CC2)c1-c1ccc(NC(=O)[C@@H](NC(=O)c2ccnn2C)C2CCCCCC2)nc1. The van der Waals surface area contributed by atoms with E-state index < -0.39 is 6.04 Å². The van der Waals surface area contributed by atoms with Gasteiger partial charge in [-0.15, -0.1) is 5.10 Å². The van der Waals surface area contributed by atoms with E-state index >= 15 is 0 Å². The second kappa shape index (κ2) is 9.97. The van der Waals surface area contributed by atoms with Crippen LogP contribution < -0.4 is 10.6 Å². The summed E-state index contributed by atoms with van der Waals surface area (Å²) in [5.41, 5.74) is 3.18. The molecule has 1 atom stereocenters. The van der Waals surface area contributed by atoms with Gasteiger partial charge in [0.1, 0.15) is 17.6 Å². The van der Waals surface area contributed by atoms with Gasteiger partial charge in [-0.2, -0.15) is 5.10 Å². The molecule has 10 heteroatoms. The maximum Gasteiger partial charge on any atom is 0.270 e. The number of nitrogens with one attached hydrogen (secondary N) is 2. The summed E-state index contributed by atoms with van der Waals surface area (Å²) in [7, 11) is 1.72. The number of hydrogen-bond donors (Lipinski definition) is 2. The van der Waals surface area contributed by atoms with Crippen molar-refractivity contribution in [3.05, 3.63) is 42.0 Å². The third-order valence-corrected chi connectivity index (χ3v) is 7.04. The summed E-state index contributed by atoms with van der Waals surface area (Å²) in [4.78, 5) is 30.9. The highest BCUT2D eigenvalue weighted by Crippen LogP contribution is 2.38. The number of aryl methyl sites for hydroxylation is 2. The van der Waals surface area contributed by atoms with Crippen LogP contribution in [0.2, 0.25) is 0 Å². The summed E-state index contributed by atoms with van der Waals surface area (Å²) in [6.45, 7) is 1.94. The van der Waals surface area contributed by atoms with Crippen molar-refractivity contribution < 1.29 is 9.59 Å². The van der Waals surface area contributed by atoms with Crippen molar-refractivity contribution >= 4 is 17.6 Å². The van der Waals surface area contributed by atoms with E-state index in [0.29, 0.717) is 17.6 Å². The number of aromatic nitrogens is 6. The first kappa shape index (κ1) is 23.2. The summed E-state index contributed by atoms with van der Waals surface area (Å²) in [6.07, 6.45) is 11.8. The van der Waals surface area contributed by atoms with Crippen molar-refractivity contribution in [2.75, 3.05) is 5.32 Å². The average molecular weight is 477 g/mol. The molecule has 0 bridgehead atoms. The van der Waals surface area contributed by atoms with E-state index in [1.54, 1.807) is 31.6 Å². The van der Waals surface area contributed by atoms with Crippen LogP contribution in [0.4, 0.5) is 5.82 Å². The van der Waals surface area contributed by atoms with Crippen LogP contribution in [0, 0.1) is 12.8 Å². The largest absolute Gasteiger partial charge is 0.339 e. The standard InChI is InChI=1S/C25H32N8O2/c1-16-23(33(31-30-16)19-10-11-19)18-9-12-21(26-15-18)28-25(35)22(17-7-5-3-4-6-8-17)29-24(34)20-13-14-27-32(20)2/h9,12-15,17,19,22H,3-8,10-11H2,1-2H3,(H,29,34)(H,26,28,35)/t22-/m0/s1. The van der Waals surface area contributed by atoms with E-state index in [-0.39, 0.29) is 17.7 Å². The van der Waals surface area contributed by atoms with E-state index in [9.17, 15) is 9.59 Å². The van der Waals surface area contributed by atoms with Crippen molar-refractivity contribution in [2.45, 2.75) is 70.4 Å². The van der Waals surface area contributed by atoms with Crippen molar-refractivity contribution in [3.63, 3.8) is 0 Å². The second-order valence-electron chi connectivity index (χ2n) is 9.66. The molecule has 2 fully saturated rings. The summed E-state index contributed by atoms with van der Waals surface area (Å²) < 4.78 is 3.49. The minimum atomic E-state index is -0.639.